The number of carbonyl (C=O) groups is 2. The number of nitrogens with one attached hydrogen (secondary N) is 1. The molecule has 0 aromatic heterocycles. The van der Waals surface area contributed by atoms with Gasteiger partial charge in [0.1, 0.15) is 0 Å². The number of alkyl halides is 1. The van der Waals surface area contributed by atoms with E-state index in [0.717, 1.165) is 0 Å². The Balaban J connectivity index is 1.98. The summed E-state index contributed by atoms with van der Waals surface area (Å²) in [5.74, 6) is 0. The molecule has 16 heavy (non-hydrogen) atoms. The van der Waals surface area contributed by atoms with Gasteiger partial charge in [0.25, 0.3) is 0 Å². The van der Waals surface area contributed by atoms with Crippen molar-refractivity contribution >= 4 is 9.95 Å². The summed E-state index contributed by atoms with van der Waals surface area (Å²) < 4.78 is 5.53. The van der Waals surface area contributed by atoms with Crippen molar-refractivity contribution in [2.75, 3.05) is 11.2 Å². The van der Waals surface area contributed by atoms with Crippen molar-refractivity contribution in [3.05, 3.63) is 0 Å². The number of nitrogens with zero attached hydrogens (tertiary/aromatic N) is 1. The van der Waals surface area contributed by atoms with Gasteiger partial charge < -0.3 is 0 Å². The fourth-order valence-corrected chi connectivity index (χ4v) is 3.49. The van der Waals surface area contributed by atoms with Gasteiger partial charge in [-0.3, -0.25) is 0 Å². The summed E-state index contributed by atoms with van der Waals surface area (Å²) in [4.78, 5) is 23.9. The van der Waals surface area contributed by atoms with Crippen molar-refractivity contribution < 1.29 is 45.7 Å². The zero-order valence-electron chi connectivity index (χ0n) is 8.30. The van der Waals surface area contributed by atoms with E-state index in [1.165, 1.54) is 4.90 Å². The number of urea groups is 1. The molecular formula is C8H12IN2O5-. The van der Waals surface area contributed by atoms with Gasteiger partial charge in [-0.15, -0.1) is 0 Å². The molecule has 2 heterocycles. The number of amides is 3. The third-order valence-corrected chi connectivity index (χ3v) is 4.55. The number of carbonyl (C=O) groups excluding carboxylic acids is 2. The molecule has 2 rings (SSSR count). The van der Waals surface area contributed by atoms with Crippen molar-refractivity contribution in [1.29, 1.82) is 0 Å². The van der Waals surface area contributed by atoms with Gasteiger partial charge in [-0.25, -0.2) is 0 Å². The van der Waals surface area contributed by atoms with Gasteiger partial charge in [0.05, 0.1) is 0 Å². The minimum atomic E-state index is -0.765. The molecular weight excluding hydrogens is 331 g/mol. The maximum absolute atomic E-state index is 11.5. The van der Waals surface area contributed by atoms with Crippen molar-refractivity contribution in [2.45, 2.75) is 24.9 Å². The first kappa shape index (κ1) is 12.0. The number of ether oxygens (including phenoxy) is 1. The van der Waals surface area contributed by atoms with Crippen LogP contribution in [0.2, 0.25) is 0 Å². The Morgan fingerprint density at radius 1 is 1.56 bits per heavy atom. The standard InChI is InChI=1S/C8H12IN2O5/c12-2-5-4(13)1-6(16-5)11-3-9-7(14)10-8(11)15/h4-6,12-13H,1-3H2,(H,10,14,15)/q-1/t4-,5+,6+/m0/s1. The van der Waals surface area contributed by atoms with Gasteiger partial charge in [0, 0.05) is 0 Å². The molecule has 3 atom stereocenters. The third kappa shape index (κ3) is 2.29. The molecule has 0 bridgehead atoms. The van der Waals surface area contributed by atoms with Gasteiger partial charge >= 0.3 is 102 Å². The van der Waals surface area contributed by atoms with Crippen LogP contribution in [-0.2, 0) is 4.74 Å². The Labute approximate surface area is 102 Å². The molecule has 0 saturated carbocycles. The summed E-state index contributed by atoms with van der Waals surface area (Å²) in [5.41, 5.74) is 0. The first-order valence-corrected chi connectivity index (χ1v) is 7.37. The molecule has 0 radical (unpaired) electrons. The monoisotopic (exact) mass is 343 g/mol. The first-order chi connectivity index (χ1) is 7.61. The Hall–Kier alpha value is -0.450. The van der Waals surface area contributed by atoms with Crippen molar-refractivity contribution in [3.8, 4) is 0 Å². The van der Waals surface area contributed by atoms with E-state index in [1.807, 2.05) is 0 Å². The van der Waals surface area contributed by atoms with Crippen LogP contribution in [-0.4, -0.2) is 54.7 Å². The summed E-state index contributed by atoms with van der Waals surface area (Å²) in [6.45, 7) is -0.277. The molecule has 8 heteroatoms. The molecule has 0 aromatic carbocycles. The second-order valence-electron chi connectivity index (χ2n) is 3.54. The van der Waals surface area contributed by atoms with Crippen LogP contribution in [0, 0.1) is 0 Å². The molecule has 2 aliphatic rings. The van der Waals surface area contributed by atoms with E-state index >= 15 is 0 Å². The fraction of sp³-hybridized carbons (Fsp3) is 0.750. The number of halogens is 1. The topological polar surface area (TPSA) is 99.1 Å². The molecule has 3 amide bonds. The predicted molar refractivity (Wildman–Crippen MR) is 47.0 cm³/mol. The molecule has 2 fully saturated rings. The zero-order valence-corrected chi connectivity index (χ0v) is 10.5. The molecule has 3 N–H and O–H groups in total. The summed E-state index contributed by atoms with van der Waals surface area (Å²) in [6, 6.07) is -0.480. The normalized spacial score (nSPS) is 35.9. The van der Waals surface area contributed by atoms with Crippen molar-refractivity contribution in [2.24, 2.45) is 0 Å². The second kappa shape index (κ2) is 4.82. The van der Waals surface area contributed by atoms with E-state index in [4.69, 9.17) is 9.84 Å². The molecule has 2 saturated heterocycles. The minimum absolute atomic E-state index is 0.197. The van der Waals surface area contributed by atoms with Gasteiger partial charge in [0.15, 0.2) is 0 Å². The summed E-state index contributed by atoms with van der Waals surface area (Å²) >= 11 is -0.736. The molecule has 0 spiro atoms. The number of hydrogen-bond acceptors (Lipinski definition) is 5. The van der Waals surface area contributed by atoms with E-state index in [-0.39, 0.29) is 16.9 Å². The average Bonchev–Trinajstić information content (AvgIpc) is 2.59. The van der Waals surface area contributed by atoms with E-state index in [0.29, 0.717) is 4.55 Å². The van der Waals surface area contributed by atoms with Crippen molar-refractivity contribution in [1.82, 2.24) is 10.2 Å². The van der Waals surface area contributed by atoms with Crippen LogP contribution in [0.1, 0.15) is 6.42 Å². The van der Waals surface area contributed by atoms with E-state index in [2.05, 4.69) is 5.32 Å². The Kier molecular flexibility index (Phi) is 3.62. The Morgan fingerprint density at radius 3 is 2.88 bits per heavy atom. The number of imide groups is 1. The summed E-state index contributed by atoms with van der Waals surface area (Å²) in [7, 11) is 0. The van der Waals surface area contributed by atoms with Gasteiger partial charge in [-0.2, -0.15) is 0 Å². The van der Waals surface area contributed by atoms with Crippen LogP contribution in [0.25, 0.3) is 0 Å². The predicted octanol–water partition coefficient (Wildman–Crippen LogP) is -4.35. The van der Waals surface area contributed by atoms with Crippen LogP contribution < -0.4 is 26.5 Å². The van der Waals surface area contributed by atoms with Crippen LogP contribution in [0.15, 0.2) is 0 Å². The van der Waals surface area contributed by atoms with E-state index < -0.39 is 45.7 Å². The van der Waals surface area contributed by atoms with Crippen LogP contribution in [0.4, 0.5) is 9.59 Å². The first-order valence-electron chi connectivity index (χ1n) is 4.77. The van der Waals surface area contributed by atoms with Crippen LogP contribution in [0.3, 0.4) is 0 Å². The van der Waals surface area contributed by atoms with E-state index in [9.17, 15) is 14.7 Å². The van der Waals surface area contributed by atoms with Crippen LogP contribution in [0.5, 0.6) is 0 Å². The van der Waals surface area contributed by atoms with Crippen molar-refractivity contribution in [3.63, 3.8) is 0 Å². The van der Waals surface area contributed by atoms with Crippen LogP contribution >= 0.6 is 0 Å². The Bertz CT molecular complexity index is 313. The molecule has 92 valence electrons. The zero-order chi connectivity index (χ0) is 11.7. The number of aliphatic hydroxyl groups is 2. The average molecular weight is 343 g/mol. The maximum atomic E-state index is 11.5. The van der Waals surface area contributed by atoms with Gasteiger partial charge in [-0.05, 0) is 0 Å². The fourth-order valence-electron chi connectivity index (χ4n) is 1.64. The molecule has 0 aromatic rings. The quantitative estimate of drug-likeness (QED) is 0.204. The second-order valence-corrected chi connectivity index (χ2v) is 5.97. The SMILES string of the molecule is O=C1NC(=O)N([C@H]2C[C@H](O)[C@@H](CO)O2)C[I-]1. The molecule has 7 nitrogen and oxygen atoms in total. The summed E-state index contributed by atoms with van der Waals surface area (Å²) in [5, 5.41) is 20.7. The third-order valence-electron chi connectivity index (χ3n) is 2.51. The number of aliphatic hydroxyl groups excluding tert-OH is 2. The summed E-state index contributed by atoms with van der Waals surface area (Å²) in [6.07, 6.45) is -1.68. The Morgan fingerprint density at radius 2 is 2.31 bits per heavy atom. The van der Waals surface area contributed by atoms with Gasteiger partial charge in [-0.1, -0.05) is 0 Å². The van der Waals surface area contributed by atoms with E-state index in [1.54, 1.807) is 0 Å². The molecule has 2 aliphatic heterocycles. The van der Waals surface area contributed by atoms with Gasteiger partial charge in [0.2, 0.25) is 0 Å². The molecule has 0 aliphatic carbocycles. The molecule has 0 unspecified atom stereocenters. The number of rotatable bonds is 2. The number of hydrogen-bond donors (Lipinski definition) is 3.